The van der Waals surface area contributed by atoms with Gasteiger partial charge >= 0.3 is 0 Å². The van der Waals surface area contributed by atoms with E-state index in [4.69, 9.17) is 16.3 Å². The Morgan fingerprint density at radius 3 is 2.37 bits per heavy atom. The molecule has 0 aliphatic carbocycles. The van der Waals surface area contributed by atoms with Crippen LogP contribution in [-0.2, 0) is 4.79 Å². The lowest BCUT2D eigenvalue weighted by molar-refractivity contribution is -0.123. The summed E-state index contributed by atoms with van der Waals surface area (Å²) in [5.74, 6) is 0.301. The lowest BCUT2D eigenvalue weighted by Gasteiger charge is -2.19. The molecule has 2 N–H and O–H groups in total. The van der Waals surface area contributed by atoms with E-state index >= 15 is 0 Å². The van der Waals surface area contributed by atoms with Gasteiger partial charge in [0.05, 0.1) is 12.8 Å². The third-order valence-corrected chi connectivity index (χ3v) is 4.43. The second-order valence-corrected chi connectivity index (χ2v) is 7.75. The molecule has 0 heterocycles. The number of carbonyl (C=O) groups is 2. The first-order chi connectivity index (χ1) is 14.4. The van der Waals surface area contributed by atoms with Crippen LogP contribution in [0.1, 0.15) is 49.5 Å². The van der Waals surface area contributed by atoms with Gasteiger partial charge in [-0.05, 0) is 72.9 Å². The fourth-order valence-electron chi connectivity index (χ4n) is 2.66. The number of benzene rings is 2. The molecule has 0 radical (unpaired) electrons. The number of rotatable bonds is 10. The minimum atomic E-state index is -0.699. The Morgan fingerprint density at radius 2 is 1.77 bits per heavy atom. The molecule has 160 valence electrons. The lowest BCUT2D eigenvalue weighted by Crippen LogP contribution is -2.46. The van der Waals surface area contributed by atoms with Crippen LogP contribution in [0, 0.1) is 5.92 Å². The first-order valence-corrected chi connectivity index (χ1v) is 10.4. The highest BCUT2D eigenvalue weighted by atomic mass is 35.5. The van der Waals surface area contributed by atoms with Crippen molar-refractivity contribution in [3.05, 3.63) is 64.7 Å². The summed E-state index contributed by atoms with van der Waals surface area (Å²) >= 11 is 5.86. The highest BCUT2D eigenvalue weighted by Gasteiger charge is 2.22. The minimum Gasteiger partial charge on any atom is -0.494 e. The zero-order valence-corrected chi connectivity index (χ0v) is 18.3. The standard InChI is InChI=1S/C23H28ClN3O3/c1-4-13-30-20-11-5-17(6-12-20)15-25-27-23(29)21(14-16(2)3)26-22(28)18-7-9-19(24)10-8-18/h5-12,15-16,21H,4,13-14H2,1-3H3,(H,26,28)(H,27,29)/b25-15+. The van der Waals surface area contributed by atoms with E-state index < -0.39 is 6.04 Å². The topological polar surface area (TPSA) is 79.8 Å². The largest absolute Gasteiger partial charge is 0.494 e. The summed E-state index contributed by atoms with van der Waals surface area (Å²) in [6.45, 7) is 6.69. The summed E-state index contributed by atoms with van der Waals surface area (Å²) in [5.41, 5.74) is 3.78. The van der Waals surface area contributed by atoms with E-state index in [9.17, 15) is 9.59 Å². The molecule has 0 aromatic heterocycles. The molecule has 0 saturated heterocycles. The molecular formula is C23H28ClN3O3. The van der Waals surface area contributed by atoms with Crippen molar-refractivity contribution in [1.29, 1.82) is 0 Å². The van der Waals surface area contributed by atoms with Gasteiger partial charge in [0.15, 0.2) is 0 Å². The van der Waals surface area contributed by atoms with Crippen molar-refractivity contribution >= 4 is 29.6 Å². The molecule has 7 heteroatoms. The van der Waals surface area contributed by atoms with Gasteiger partial charge in [0.25, 0.3) is 11.8 Å². The molecule has 1 unspecified atom stereocenters. The van der Waals surface area contributed by atoms with Crippen LogP contribution in [0.3, 0.4) is 0 Å². The van der Waals surface area contributed by atoms with Crippen molar-refractivity contribution in [2.75, 3.05) is 6.61 Å². The molecule has 0 spiro atoms. The summed E-state index contributed by atoms with van der Waals surface area (Å²) in [6, 6.07) is 13.2. The maximum absolute atomic E-state index is 12.6. The number of amides is 2. The van der Waals surface area contributed by atoms with Gasteiger partial charge in [-0.25, -0.2) is 5.43 Å². The molecule has 0 aliphatic rings. The Morgan fingerprint density at radius 1 is 1.10 bits per heavy atom. The average molecular weight is 430 g/mol. The number of hydrogen-bond acceptors (Lipinski definition) is 4. The van der Waals surface area contributed by atoms with E-state index in [1.54, 1.807) is 30.5 Å². The van der Waals surface area contributed by atoms with Gasteiger partial charge in [0, 0.05) is 10.6 Å². The summed E-state index contributed by atoms with van der Waals surface area (Å²) < 4.78 is 5.54. The fourth-order valence-corrected chi connectivity index (χ4v) is 2.79. The summed E-state index contributed by atoms with van der Waals surface area (Å²) in [4.78, 5) is 25.1. The first kappa shape index (κ1) is 23.4. The predicted octanol–water partition coefficient (Wildman–Crippen LogP) is 4.42. The monoisotopic (exact) mass is 429 g/mol. The highest BCUT2D eigenvalue weighted by Crippen LogP contribution is 2.12. The van der Waals surface area contributed by atoms with Crippen LogP contribution in [-0.4, -0.2) is 30.7 Å². The molecule has 1 atom stereocenters. The number of ether oxygens (including phenoxy) is 1. The third-order valence-electron chi connectivity index (χ3n) is 4.18. The molecule has 6 nitrogen and oxygen atoms in total. The predicted molar refractivity (Wildman–Crippen MR) is 120 cm³/mol. The van der Waals surface area contributed by atoms with Crippen molar-refractivity contribution in [3.8, 4) is 5.75 Å². The number of halogens is 1. The Hall–Kier alpha value is -2.86. The summed E-state index contributed by atoms with van der Waals surface area (Å²) in [5, 5.41) is 7.34. The molecule has 2 rings (SSSR count). The van der Waals surface area contributed by atoms with E-state index in [-0.39, 0.29) is 17.7 Å². The van der Waals surface area contributed by atoms with Gasteiger partial charge in [-0.15, -0.1) is 0 Å². The Kier molecular flexibility index (Phi) is 9.35. The molecule has 30 heavy (non-hydrogen) atoms. The van der Waals surface area contributed by atoms with Crippen LogP contribution in [0.15, 0.2) is 53.6 Å². The van der Waals surface area contributed by atoms with Gasteiger partial charge in [-0.1, -0.05) is 32.4 Å². The van der Waals surface area contributed by atoms with E-state index in [1.165, 1.54) is 0 Å². The van der Waals surface area contributed by atoms with Crippen molar-refractivity contribution in [1.82, 2.24) is 10.7 Å². The van der Waals surface area contributed by atoms with Crippen LogP contribution >= 0.6 is 11.6 Å². The van der Waals surface area contributed by atoms with Crippen molar-refractivity contribution in [2.45, 2.75) is 39.7 Å². The second kappa shape index (κ2) is 12.0. The molecule has 0 saturated carbocycles. The fraction of sp³-hybridized carbons (Fsp3) is 0.348. The van der Waals surface area contributed by atoms with Gasteiger partial charge in [-0.2, -0.15) is 5.10 Å². The van der Waals surface area contributed by atoms with Crippen molar-refractivity contribution in [3.63, 3.8) is 0 Å². The normalized spacial score (nSPS) is 12.0. The molecule has 0 bridgehead atoms. The van der Waals surface area contributed by atoms with Gasteiger partial charge in [0.2, 0.25) is 0 Å². The summed E-state index contributed by atoms with van der Waals surface area (Å²) in [7, 11) is 0. The molecule has 2 aromatic carbocycles. The highest BCUT2D eigenvalue weighted by molar-refractivity contribution is 6.30. The quantitative estimate of drug-likeness (QED) is 0.433. The molecule has 2 aromatic rings. The Balaban J connectivity index is 1.96. The van der Waals surface area contributed by atoms with Crippen molar-refractivity contribution in [2.24, 2.45) is 11.0 Å². The number of hydrazone groups is 1. The van der Waals surface area contributed by atoms with Crippen LogP contribution in [0.4, 0.5) is 0 Å². The lowest BCUT2D eigenvalue weighted by atomic mass is 10.0. The van der Waals surface area contributed by atoms with E-state index in [0.717, 1.165) is 17.7 Å². The molecule has 2 amide bonds. The number of carbonyl (C=O) groups excluding carboxylic acids is 2. The summed E-state index contributed by atoms with van der Waals surface area (Å²) in [6.07, 6.45) is 2.99. The minimum absolute atomic E-state index is 0.214. The number of nitrogens with zero attached hydrogens (tertiary/aromatic N) is 1. The van der Waals surface area contributed by atoms with Crippen molar-refractivity contribution < 1.29 is 14.3 Å². The zero-order valence-electron chi connectivity index (χ0n) is 17.5. The van der Waals surface area contributed by atoms with Crippen LogP contribution in [0.5, 0.6) is 5.75 Å². The number of hydrogen-bond donors (Lipinski definition) is 2. The zero-order chi connectivity index (χ0) is 21.9. The molecule has 0 fully saturated rings. The molecule has 0 aliphatic heterocycles. The van der Waals surface area contributed by atoms with E-state index in [1.807, 2.05) is 45.0 Å². The molecular weight excluding hydrogens is 402 g/mol. The maximum atomic E-state index is 12.6. The third kappa shape index (κ3) is 7.87. The average Bonchev–Trinajstić information content (AvgIpc) is 2.72. The van der Waals surface area contributed by atoms with Crippen LogP contribution < -0.4 is 15.5 Å². The second-order valence-electron chi connectivity index (χ2n) is 7.31. The Labute approximate surface area is 182 Å². The van der Waals surface area contributed by atoms with Gasteiger partial charge < -0.3 is 10.1 Å². The van der Waals surface area contributed by atoms with E-state index in [2.05, 4.69) is 15.8 Å². The van der Waals surface area contributed by atoms with E-state index in [0.29, 0.717) is 23.6 Å². The SMILES string of the molecule is CCCOc1ccc(/C=N/NC(=O)C(CC(C)C)NC(=O)c2ccc(Cl)cc2)cc1. The number of nitrogens with one attached hydrogen (secondary N) is 2. The smallest absolute Gasteiger partial charge is 0.262 e. The van der Waals surface area contributed by atoms with Gasteiger partial charge in [0.1, 0.15) is 11.8 Å². The van der Waals surface area contributed by atoms with Gasteiger partial charge in [-0.3, -0.25) is 9.59 Å². The Bertz CT molecular complexity index is 849. The van der Waals surface area contributed by atoms with Crippen LogP contribution in [0.2, 0.25) is 5.02 Å². The first-order valence-electron chi connectivity index (χ1n) is 10.0. The maximum Gasteiger partial charge on any atom is 0.262 e. The van der Waals surface area contributed by atoms with Crippen LogP contribution in [0.25, 0.3) is 0 Å².